The van der Waals surface area contributed by atoms with Gasteiger partial charge in [0, 0.05) is 38.8 Å². The molecule has 0 saturated heterocycles. The molecule has 0 atom stereocenters. The molecular formula is C23H31FIN5O2. The maximum absolute atomic E-state index is 13.2. The Morgan fingerprint density at radius 3 is 2.41 bits per heavy atom. The fourth-order valence-corrected chi connectivity index (χ4v) is 2.93. The second-order valence-electron chi connectivity index (χ2n) is 6.87. The van der Waals surface area contributed by atoms with Crippen LogP contribution in [-0.4, -0.2) is 51.0 Å². The Kier molecular flexibility index (Phi) is 13.0. The summed E-state index contributed by atoms with van der Waals surface area (Å²) in [5.74, 6) is 0.0355. The molecule has 0 spiro atoms. The Morgan fingerprint density at radius 2 is 1.69 bits per heavy atom. The molecule has 9 heteroatoms. The molecule has 0 aliphatic heterocycles. The van der Waals surface area contributed by atoms with Gasteiger partial charge in [0.2, 0.25) is 5.91 Å². The van der Waals surface area contributed by atoms with Gasteiger partial charge in [0.05, 0.1) is 6.42 Å². The van der Waals surface area contributed by atoms with Crippen LogP contribution < -0.4 is 21.3 Å². The van der Waals surface area contributed by atoms with E-state index in [0.29, 0.717) is 49.7 Å². The lowest BCUT2D eigenvalue weighted by Crippen LogP contribution is -2.41. The van der Waals surface area contributed by atoms with Gasteiger partial charge in [0.1, 0.15) is 5.82 Å². The molecule has 0 aliphatic carbocycles. The first-order valence-corrected chi connectivity index (χ1v) is 10.4. The molecule has 2 aromatic carbocycles. The van der Waals surface area contributed by atoms with E-state index in [9.17, 15) is 14.0 Å². The molecule has 2 rings (SSSR count). The largest absolute Gasteiger partial charge is 0.357 e. The Hall–Kier alpha value is -2.69. The first kappa shape index (κ1) is 27.3. The fraction of sp³-hybridized carbons (Fsp3) is 0.348. The Morgan fingerprint density at radius 1 is 0.969 bits per heavy atom. The van der Waals surface area contributed by atoms with Crippen molar-refractivity contribution in [1.29, 1.82) is 0 Å². The fourth-order valence-electron chi connectivity index (χ4n) is 2.93. The molecule has 0 aliphatic rings. The first-order chi connectivity index (χ1) is 15.0. The number of halogens is 2. The molecule has 2 amide bonds. The molecule has 2 aromatic rings. The number of benzene rings is 2. The van der Waals surface area contributed by atoms with Crippen LogP contribution in [0.4, 0.5) is 4.39 Å². The molecule has 0 radical (unpaired) electrons. The van der Waals surface area contributed by atoms with Gasteiger partial charge in [-0.1, -0.05) is 24.3 Å². The molecule has 0 aromatic heterocycles. The summed E-state index contributed by atoms with van der Waals surface area (Å²) in [5.41, 5.74) is 2.30. The van der Waals surface area contributed by atoms with E-state index in [0.717, 1.165) is 5.56 Å². The zero-order chi connectivity index (χ0) is 22.5. The summed E-state index contributed by atoms with van der Waals surface area (Å²) in [5, 5.41) is 11.8. The van der Waals surface area contributed by atoms with Gasteiger partial charge in [-0.15, -0.1) is 24.0 Å². The SMILES string of the molecule is CCNC(=NCCc1cccc(C(=O)NC)c1)NCCNC(=O)Cc1cccc(F)c1.I. The van der Waals surface area contributed by atoms with Crippen molar-refractivity contribution in [3.63, 3.8) is 0 Å². The van der Waals surface area contributed by atoms with E-state index in [4.69, 9.17) is 0 Å². The van der Waals surface area contributed by atoms with Crippen molar-refractivity contribution in [1.82, 2.24) is 21.3 Å². The van der Waals surface area contributed by atoms with Crippen LogP contribution in [0.1, 0.15) is 28.4 Å². The van der Waals surface area contributed by atoms with Crippen molar-refractivity contribution in [2.75, 3.05) is 33.2 Å². The minimum atomic E-state index is -0.348. The molecule has 0 heterocycles. The first-order valence-electron chi connectivity index (χ1n) is 10.4. The predicted octanol–water partition coefficient (Wildman–Crippen LogP) is 2.26. The molecule has 174 valence electrons. The minimum absolute atomic E-state index is 0. The Bertz CT molecular complexity index is 907. The minimum Gasteiger partial charge on any atom is -0.357 e. The van der Waals surface area contributed by atoms with E-state index in [2.05, 4.69) is 26.3 Å². The van der Waals surface area contributed by atoms with Crippen molar-refractivity contribution in [3.8, 4) is 0 Å². The van der Waals surface area contributed by atoms with Gasteiger partial charge in [-0.3, -0.25) is 14.6 Å². The second-order valence-corrected chi connectivity index (χ2v) is 6.87. The van der Waals surface area contributed by atoms with Crippen molar-refractivity contribution >= 4 is 41.8 Å². The summed E-state index contributed by atoms with van der Waals surface area (Å²) in [6, 6.07) is 13.5. The average molecular weight is 555 g/mol. The number of amides is 2. The lowest BCUT2D eigenvalue weighted by Gasteiger charge is -2.12. The quantitative estimate of drug-likeness (QED) is 0.157. The highest BCUT2D eigenvalue weighted by Gasteiger charge is 2.05. The van der Waals surface area contributed by atoms with E-state index >= 15 is 0 Å². The number of nitrogens with one attached hydrogen (secondary N) is 4. The van der Waals surface area contributed by atoms with Gasteiger partial charge in [-0.05, 0) is 48.7 Å². The van der Waals surface area contributed by atoms with Crippen LogP contribution in [0.3, 0.4) is 0 Å². The third kappa shape index (κ3) is 10.1. The number of nitrogens with zero attached hydrogens (tertiary/aromatic N) is 1. The van der Waals surface area contributed by atoms with Crippen LogP contribution in [0.15, 0.2) is 53.5 Å². The molecule has 7 nitrogen and oxygen atoms in total. The second kappa shape index (κ2) is 15.2. The number of carbonyl (C=O) groups is 2. The number of guanidine groups is 1. The highest BCUT2D eigenvalue weighted by Crippen LogP contribution is 2.06. The monoisotopic (exact) mass is 555 g/mol. The maximum Gasteiger partial charge on any atom is 0.251 e. The third-order valence-corrected chi connectivity index (χ3v) is 4.42. The van der Waals surface area contributed by atoms with Crippen LogP contribution in [0.2, 0.25) is 0 Å². The third-order valence-electron chi connectivity index (χ3n) is 4.42. The number of carbonyl (C=O) groups excluding carboxylic acids is 2. The van der Waals surface area contributed by atoms with Crippen molar-refractivity contribution < 1.29 is 14.0 Å². The molecule has 0 bridgehead atoms. The summed E-state index contributed by atoms with van der Waals surface area (Å²) in [4.78, 5) is 28.3. The number of aliphatic imine (C=N–C) groups is 1. The Labute approximate surface area is 205 Å². The van der Waals surface area contributed by atoms with E-state index in [-0.39, 0.29) is 48.0 Å². The summed E-state index contributed by atoms with van der Waals surface area (Å²) in [6.07, 6.45) is 0.840. The summed E-state index contributed by atoms with van der Waals surface area (Å²) >= 11 is 0. The summed E-state index contributed by atoms with van der Waals surface area (Å²) in [7, 11) is 1.61. The summed E-state index contributed by atoms with van der Waals surface area (Å²) < 4.78 is 13.2. The van der Waals surface area contributed by atoms with Crippen LogP contribution in [0, 0.1) is 5.82 Å². The van der Waals surface area contributed by atoms with E-state index < -0.39 is 0 Å². The summed E-state index contributed by atoms with van der Waals surface area (Å²) in [6.45, 7) is 4.17. The molecule has 0 saturated carbocycles. The number of hydrogen-bond donors (Lipinski definition) is 4. The standard InChI is InChI=1S/C23H30FN5O2.HI/c1-3-26-23(28-11-10-17-6-4-8-19(14-17)22(31)25-2)29-13-12-27-21(30)16-18-7-5-9-20(24)15-18;/h4-9,14-15H,3,10-13,16H2,1-2H3,(H,25,31)(H,27,30)(H2,26,28,29);1H. The predicted molar refractivity (Wildman–Crippen MR) is 136 cm³/mol. The van der Waals surface area contributed by atoms with Crippen molar-refractivity contribution in [3.05, 3.63) is 71.0 Å². The molecule has 0 fully saturated rings. The van der Waals surface area contributed by atoms with E-state index in [1.165, 1.54) is 12.1 Å². The number of hydrogen-bond acceptors (Lipinski definition) is 3. The topological polar surface area (TPSA) is 94.6 Å². The zero-order valence-corrected chi connectivity index (χ0v) is 20.7. The smallest absolute Gasteiger partial charge is 0.251 e. The van der Waals surface area contributed by atoms with Crippen LogP contribution in [0.5, 0.6) is 0 Å². The zero-order valence-electron chi connectivity index (χ0n) is 18.4. The van der Waals surface area contributed by atoms with Crippen molar-refractivity contribution in [2.45, 2.75) is 19.8 Å². The maximum atomic E-state index is 13.2. The van der Waals surface area contributed by atoms with E-state index in [1.54, 1.807) is 25.2 Å². The van der Waals surface area contributed by atoms with Gasteiger partial charge < -0.3 is 21.3 Å². The van der Waals surface area contributed by atoms with Crippen LogP contribution in [-0.2, 0) is 17.6 Å². The molecule has 4 N–H and O–H groups in total. The van der Waals surface area contributed by atoms with Gasteiger partial charge in [-0.2, -0.15) is 0 Å². The molecular weight excluding hydrogens is 524 g/mol. The van der Waals surface area contributed by atoms with Gasteiger partial charge in [0.25, 0.3) is 5.91 Å². The van der Waals surface area contributed by atoms with Gasteiger partial charge in [-0.25, -0.2) is 4.39 Å². The van der Waals surface area contributed by atoms with Crippen LogP contribution >= 0.6 is 24.0 Å². The van der Waals surface area contributed by atoms with Gasteiger partial charge >= 0.3 is 0 Å². The van der Waals surface area contributed by atoms with E-state index in [1.807, 2.05) is 25.1 Å². The van der Waals surface area contributed by atoms with Crippen LogP contribution in [0.25, 0.3) is 0 Å². The Balaban J connectivity index is 0.00000512. The molecule has 0 unspecified atom stereocenters. The molecule has 32 heavy (non-hydrogen) atoms. The number of rotatable bonds is 10. The average Bonchev–Trinajstić information content (AvgIpc) is 2.76. The lowest BCUT2D eigenvalue weighted by atomic mass is 10.1. The lowest BCUT2D eigenvalue weighted by molar-refractivity contribution is -0.120. The normalized spacial score (nSPS) is 10.7. The highest BCUT2D eigenvalue weighted by atomic mass is 127. The van der Waals surface area contributed by atoms with Crippen molar-refractivity contribution in [2.24, 2.45) is 4.99 Å². The highest BCUT2D eigenvalue weighted by molar-refractivity contribution is 14.0. The van der Waals surface area contributed by atoms with Gasteiger partial charge in [0.15, 0.2) is 5.96 Å².